The summed E-state index contributed by atoms with van der Waals surface area (Å²) < 4.78 is 1.58. The summed E-state index contributed by atoms with van der Waals surface area (Å²) in [5, 5.41) is 23.5. The Hall–Kier alpha value is -2.25. The molecular weight excluding hydrogens is 282 g/mol. The maximum absolute atomic E-state index is 12.1. The molecule has 1 fully saturated rings. The van der Waals surface area contributed by atoms with Gasteiger partial charge in [0.25, 0.3) is 5.91 Å². The van der Waals surface area contributed by atoms with Gasteiger partial charge in [0.15, 0.2) is 5.69 Å². The van der Waals surface area contributed by atoms with Crippen molar-refractivity contribution in [3.05, 3.63) is 41.7 Å². The number of hydrogen-bond donors (Lipinski definition) is 3. The zero-order valence-electron chi connectivity index (χ0n) is 12.4. The Morgan fingerprint density at radius 2 is 2.36 bits per heavy atom. The van der Waals surface area contributed by atoms with E-state index in [1.807, 2.05) is 31.2 Å². The van der Waals surface area contributed by atoms with Gasteiger partial charge in [-0.15, -0.1) is 5.10 Å². The van der Waals surface area contributed by atoms with E-state index in [4.69, 9.17) is 0 Å². The summed E-state index contributed by atoms with van der Waals surface area (Å²) in [5.41, 5.74) is 2.24. The molecule has 1 aromatic carbocycles. The third kappa shape index (κ3) is 3.15. The summed E-state index contributed by atoms with van der Waals surface area (Å²) in [6.45, 7) is 3.70. The fourth-order valence-corrected chi connectivity index (χ4v) is 2.51. The number of aryl methyl sites for hydroxylation is 1. The van der Waals surface area contributed by atoms with Gasteiger partial charge in [-0.05, 0) is 24.6 Å². The number of aliphatic hydroxyl groups excluding tert-OH is 1. The highest BCUT2D eigenvalue weighted by Gasteiger charge is 2.25. The van der Waals surface area contributed by atoms with E-state index in [1.54, 1.807) is 10.9 Å². The highest BCUT2D eigenvalue weighted by Crippen LogP contribution is 2.10. The van der Waals surface area contributed by atoms with E-state index in [2.05, 4.69) is 20.9 Å². The van der Waals surface area contributed by atoms with Crippen molar-refractivity contribution in [1.82, 2.24) is 25.6 Å². The lowest BCUT2D eigenvalue weighted by Gasteiger charge is -2.13. The monoisotopic (exact) mass is 301 g/mol. The standard InChI is InChI=1S/C15H19N5O2/c1-10-3-2-4-12(5-10)20-9-13(18-19-20)15(22)17-7-11-6-16-8-14(11)21/h2-5,9,11,14,16,21H,6-8H2,1H3,(H,17,22). The lowest BCUT2D eigenvalue weighted by molar-refractivity contribution is 0.0922. The van der Waals surface area contributed by atoms with Crippen molar-refractivity contribution in [2.75, 3.05) is 19.6 Å². The Bertz CT molecular complexity index is 669. The lowest BCUT2D eigenvalue weighted by atomic mass is 10.1. The summed E-state index contributed by atoms with van der Waals surface area (Å²) in [6, 6.07) is 7.80. The van der Waals surface area contributed by atoms with Gasteiger partial charge in [-0.25, -0.2) is 4.68 Å². The van der Waals surface area contributed by atoms with Crippen LogP contribution in [0.3, 0.4) is 0 Å². The highest BCUT2D eigenvalue weighted by atomic mass is 16.3. The molecule has 1 aromatic heterocycles. The number of nitrogens with one attached hydrogen (secondary N) is 2. The van der Waals surface area contributed by atoms with Crippen LogP contribution in [-0.4, -0.2) is 51.7 Å². The lowest BCUT2D eigenvalue weighted by Crippen LogP contribution is -2.34. The largest absolute Gasteiger partial charge is 0.391 e. The second-order valence-electron chi connectivity index (χ2n) is 5.58. The molecule has 2 unspecified atom stereocenters. The number of nitrogens with zero attached hydrogens (tertiary/aromatic N) is 3. The molecule has 0 aliphatic carbocycles. The first-order valence-corrected chi connectivity index (χ1v) is 7.30. The number of aromatic nitrogens is 3. The zero-order chi connectivity index (χ0) is 15.5. The topological polar surface area (TPSA) is 92.1 Å². The number of hydrogen-bond acceptors (Lipinski definition) is 5. The maximum atomic E-state index is 12.1. The molecule has 2 heterocycles. The Labute approximate surface area is 128 Å². The molecule has 1 saturated heterocycles. The van der Waals surface area contributed by atoms with Gasteiger partial charge in [0.2, 0.25) is 0 Å². The molecular formula is C15H19N5O2. The Morgan fingerprint density at radius 3 is 3.09 bits per heavy atom. The van der Waals surface area contributed by atoms with Crippen LogP contribution in [0.25, 0.3) is 5.69 Å². The van der Waals surface area contributed by atoms with Gasteiger partial charge in [-0.3, -0.25) is 4.79 Å². The van der Waals surface area contributed by atoms with Crippen molar-refractivity contribution in [3.8, 4) is 5.69 Å². The van der Waals surface area contributed by atoms with Crippen LogP contribution in [0.4, 0.5) is 0 Å². The number of aliphatic hydroxyl groups is 1. The molecule has 0 radical (unpaired) electrons. The predicted molar refractivity (Wildman–Crippen MR) is 80.8 cm³/mol. The molecule has 1 amide bonds. The van der Waals surface area contributed by atoms with Crippen molar-refractivity contribution in [2.24, 2.45) is 5.92 Å². The second kappa shape index (κ2) is 6.25. The molecule has 3 rings (SSSR count). The van der Waals surface area contributed by atoms with E-state index in [0.29, 0.717) is 19.6 Å². The van der Waals surface area contributed by atoms with Crippen molar-refractivity contribution in [2.45, 2.75) is 13.0 Å². The fourth-order valence-electron chi connectivity index (χ4n) is 2.51. The van der Waals surface area contributed by atoms with E-state index in [0.717, 1.165) is 11.3 Å². The van der Waals surface area contributed by atoms with Crippen molar-refractivity contribution in [1.29, 1.82) is 0 Å². The molecule has 22 heavy (non-hydrogen) atoms. The quantitative estimate of drug-likeness (QED) is 0.732. The van der Waals surface area contributed by atoms with Crippen LogP contribution in [0.5, 0.6) is 0 Å². The molecule has 0 saturated carbocycles. The van der Waals surface area contributed by atoms with Gasteiger partial charge in [0, 0.05) is 25.6 Å². The number of carbonyl (C=O) groups excluding carboxylic acids is 1. The first-order chi connectivity index (χ1) is 10.6. The predicted octanol–water partition coefficient (Wildman–Crippen LogP) is -0.114. The Balaban J connectivity index is 1.64. The highest BCUT2D eigenvalue weighted by molar-refractivity contribution is 5.91. The van der Waals surface area contributed by atoms with Gasteiger partial charge >= 0.3 is 0 Å². The summed E-state index contributed by atoms with van der Waals surface area (Å²) in [5.74, 6) is -0.242. The second-order valence-corrected chi connectivity index (χ2v) is 5.58. The first kappa shape index (κ1) is 14.7. The van der Waals surface area contributed by atoms with Gasteiger partial charge in [-0.1, -0.05) is 17.3 Å². The van der Waals surface area contributed by atoms with Gasteiger partial charge < -0.3 is 15.7 Å². The average molecular weight is 301 g/mol. The molecule has 1 aliphatic rings. The smallest absolute Gasteiger partial charge is 0.273 e. The summed E-state index contributed by atoms with van der Waals surface area (Å²) in [7, 11) is 0. The Morgan fingerprint density at radius 1 is 1.50 bits per heavy atom. The first-order valence-electron chi connectivity index (χ1n) is 7.30. The number of rotatable bonds is 4. The van der Waals surface area contributed by atoms with Crippen molar-refractivity contribution in [3.63, 3.8) is 0 Å². The molecule has 2 aromatic rings. The third-order valence-corrected chi connectivity index (χ3v) is 3.82. The van der Waals surface area contributed by atoms with Gasteiger partial charge in [0.05, 0.1) is 18.0 Å². The maximum Gasteiger partial charge on any atom is 0.273 e. The molecule has 0 bridgehead atoms. The van der Waals surface area contributed by atoms with E-state index in [9.17, 15) is 9.90 Å². The normalized spacial score (nSPS) is 21.0. The van der Waals surface area contributed by atoms with Gasteiger partial charge in [-0.2, -0.15) is 0 Å². The van der Waals surface area contributed by atoms with E-state index >= 15 is 0 Å². The minimum Gasteiger partial charge on any atom is -0.391 e. The van der Waals surface area contributed by atoms with Crippen LogP contribution < -0.4 is 10.6 Å². The van der Waals surface area contributed by atoms with Crippen LogP contribution in [0.1, 0.15) is 16.1 Å². The van der Waals surface area contributed by atoms with E-state index in [-0.39, 0.29) is 17.5 Å². The third-order valence-electron chi connectivity index (χ3n) is 3.82. The minimum absolute atomic E-state index is 0.0377. The summed E-state index contributed by atoms with van der Waals surface area (Å²) >= 11 is 0. The molecule has 2 atom stereocenters. The number of benzene rings is 1. The van der Waals surface area contributed by atoms with Crippen LogP contribution in [0.15, 0.2) is 30.5 Å². The molecule has 3 N–H and O–H groups in total. The van der Waals surface area contributed by atoms with Crippen LogP contribution in [-0.2, 0) is 0 Å². The fraction of sp³-hybridized carbons (Fsp3) is 0.400. The summed E-state index contributed by atoms with van der Waals surface area (Å²) in [6.07, 6.45) is 1.19. The number of carbonyl (C=O) groups is 1. The van der Waals surface area contributed by atoms with Crippen LogP contribution >= 0.6 is 0 Å². The van der Waals surface area contributed by atoms with Crippen LogP contribution in [0.2, 0.25) is 0 Å². The number of β-amino-alcohol motifs (C(OH)–C–C–N with tert-alkyl or cyclic N) is 1. The number of amides is 1. The summed E-state index contributed by atoms with van der Waals surface area (Å²) in [4.78, 5) is 12.1. The molecule has 7 nitrogen and oxygen atoms in total. The molecule has 7 heteroatoms. The molecule has 1 aliphatic heterocycles. The minimum atomic E-state index is -0.414. The van der Waals surface area contributed by atoms with E-state index in [1.165, 1.54) is 0 Å². The Kier molecular flexibility index (Phi) is 4.17. The van der Waals surface area contributed by atoms with Gasteiger partial charge in [0.1, 0.15) is 0 Å². The zero-order valence-corrected chi connectivity index (χ0v) is 12.4. The van der Waals surface area contributed by atoms with Crippen molar-refractivity contribution < 1.29 is 9.90 Å². The van der Waals surface area contributed by atoms with Crippen molar-refractivity contribution >= 4 is 5.91 Å². The molecule has 0 spiro atoms. The van der Waals surface area contributed by atoms with E-state index < -0.39 is 6.10 Å². The SMILES string of the molecule is Cc1cccc(-n2cc(C(=O)NCC3CNCC3O)nn2)c1. The molecule has 116 valence electrons. The van der Waals surface area contributed by atoms with Crippen LogP contribution in [0, 0.1) is 12.8 Å². The average Bonchev–Trinajstić information content (AvgIpc) is 3.14.